The van der Waals surface area contributed by atoms with Gasteiger partial charge >= 0.3 is 0 Å². The highest BCUT2D eigenvalue weighted by molar-refractivity contribution is 7.16. The molecule has 0 saturated heterocycles. The highest BCUT2D eigenvalue weighted by Crippen LogP contribution is 2.37. The second-order valence-electron chi connectivity index (χ2n) is 5.52. The molecule has 2 N–H and O–H groups in total. The molecule has 1 unspecified atom stereocenters. The van der Waals surface area contributed by atoms with Crippen molar-refractivity contribution in [2.45, 2.75) is 19.4 Å². The van der Waals surface area contributed by atoms with Gasteiger partial charge < -0.3 is 10.0 Å². The number of nitrogens with one attached hydrogen (secondary N) is 1. The molecule has 7 heteroatoms. The van der Waals surface area contributed by atoms with Gasteiger partial charge in [-0.1, -0.05) is 19.1 Å². The molecule has 1 heterocycles. The number of rotatable bonds is 7. The average Bonchev–Trinajstić information content (AvgIpc) is 3.07. The van der Waals surface area contributed by atoms with E-state index in [0.717, 1.165) is 13.0 Å². The molecule has 0 bridgehead atoms. The molecule has 2 rings (SSSR count). The monoisotopic (exact) mass is 357 g/mol. The fourth-order valence-electron chi connectivity index (χ4n) is 2.49. The number of amides is 2. The van der Waals surface area contributed by atoms with E-state index in [-0.39, 0.29) is 0 Å². The molecule has 2 amide bonds. The average molecular weight is 357 g/mol. The van der Waals surface area contributed by atoms with Crippen LogP contribution in [0.3, 0.4) is 0 Å². The maximum Gasteiger partial charge on any atom is 0.260 e. The van der Waals surface area contributed by atoms with Crippen LogP contribution in [0.1, 0.15) is 45.8 Å². The van der Waals surface area contributed by atoms with Crippen molar-refractivity contribution in [1.29, 1.82) is 5.26 Å². The fourth-order valence-corrected chi connectivity index (χ4v) is 3.65. The standard InChI is InChI=1S/C18H19N3O3S/c1-3-7-21(2)18-14(17(24)20-11-22)9-15(25-18)16(23)13-6-4-5-12(8-13)10-19/h4-6,8-9,11,16,23H,3,7H2,1-2H3,(H,20,22,24). The van der Waals surface area contributed by atoms with Crippen molar-refractivity contribution in [3.63, 3.8) is 0 Å². The predicted molar refractivity (Wildman–Crippen MR) is 96.6 cm³/mol. The summed E-state index contributed by atoms with van der Waals surface area (Å²) in [4.78, 5) is 25.3. The van der Waals surface area contributed by atoms with Gasteiger partial charge in [-0.2, -0.15) is 5.26 Å². The smallest absolute Gasteiger partial charge is 0.260 e. The third kappa shape index (κ3) is 4.24. The first-order valence-electron chi connectivity index (χ1n) is 7.79. The van der Waals surface area contributed by atoms with Gasteiger partial charge in [-0.25, -0.2) is 0 Å². The molecule has 1 aromatic carbocycles. The number of carbonyl (C=O) groups excluding carboxylic acids is 2. The Morgan fingerprint density at radius 2 is 2.24 bits per heavy atom. The topological polar surface area (TPSA) is 93.4 Å². The van der Waals surface area contributed by atoms with E-state index < -0.39 is 12.0 Å². The summed E-state index contributed by atoms with van der Waals surface area (Å²) in [6.07, 6.45) is 0.284. The Morgan fingerprint density at radius 3 is 2.88 bits per heavy atom. The fraction of sp³-hybridized carbons (Fsp3) is 0.278. The summed E-state index contributed by atoms with van der Waals surface area (Å²) in [7, 11) is 1.86. The van der Waals surface area contributed by atoms with Crippen LogP contribution in [0.2, 0.25) is 0 Å². The van der Waals surface area contributed by atoms with E-state index in [1.165, 1.54) is 11.3 Å². The molecule has 6 nitrogen and oxygen atoms in total. The Labute approximate surface area is 150 Å². The van der Waals surface area contributed by atoms with Gasteiger partial charge in [-0.3, -0.25) is 14.9 Å². The quantitative estimate of drug-likeness (QED) is 0.742. The Bertz CT molecular complexity index is 810. The van der Waals surface area contributed by atoms with Gasteiger partial charge in [0, 0.05) is 18.5 Å². The van der Waals surface area contributed by atoms with Crippen LogP contribution in [0, 0.1) is 11.3 Å². The minimum Gasteiger partial charge on any atom is -0.383 e. The highest BCUT2D eigenvalue weighted by atomic mass is 32.1. The number of thiophene rings is 1. The summed E-state index contributed by atoms with van der Waals surface area (Å²) in [6.45, 7) is 2.76. The minimum absolute atomic E-state index is 0.343. The first-order valence-corrected chi connectivity index (χ1v) is 8.61. The lowest BCUT2D eigenvalue weighted by Crippen LogP contribution is -2.25. The van der Waals surface area contributed by atoms with Crippen molar-refractivity contribution in [3.8, 4) is 6.07 Å². The Hall–Kier alpha value is -2.69. The van der Waals surface area contributed by atoms with Crippen LogP contribution >= 0.6 is 11.3 Å². The zero-order valence-electron chi connectivity index (χ0n) is 14.0. The summed E-state index contributed by atoms with van der Waals surface area (Å²) in [5.74, 6) is -0.506. The lowest BCUT2D eigenvalue weighted by molar-refractivity contribution is -0.108. The van der Waals surface area contributed by atoms with Crippen molar-refractivity contribution in [2.75, 3.05) is 18.5 Å². The molecule has 0 saturated carbocycles. The van der Waals surface area contributed by atoms with Crippen LogP contribution < -0.4 is 10.2 Å². The number of anilines is 1. The van der Waals surface area contributed by atoms with Crippen molar-refractivity contribution in [2.24, 2.45) is 0 Å². The maximum absolute atomic E-state index is 12.2. The second kappa shape index (κ2) is 8.42. The number of carbonyl (C=O) groups is 2. The molecular weight excluding hydrogens is 338 g/mol. The van der Waals surface area contributed by atoms with Gasteiger partial charge in [-0.15, -0.1) is 11.3 Å². The number of benzene rings is 1. The number of aliphatic hydroxyl groups is 1. The van der Waals surface area contributed by atoms with Crippen LogP contribution in [0.4, 0.5) is 5.00 Å². The Balaban J connectivity index is 2.43. The zero-order chi connectivity index (χ0) is 18.4. The van der Waals surface area contributed by atoms with E-state index in [0.29, 0.717) is 33.0 Å². The summed E-state index contributed by atoms with van der Waals surface area (Å²) in [5, 5.41) is 22.5. The van der Waals surface area contributed by atoms with Crippen molar-refractivity contribution >= 4 is 28.7 Å². The van der Waals surface area contributed by atoms with Crippen LogP contribution in [-0.2, 0) is 4.79 Å². The molecule has 0 aliphatic rings. The molecule has 25 heavy (non-hydrogen) atoms. The highest BCUT2D eigenvalue weighted by Gasteiger charge is 2.22. The molecule has 1 aromatic heterocycles. The third-order valence-corrected chi connectivity index (χ3v) is 4.97. The van der Waals surface area contributed by atoms with Gasteiger partial charge in [0.1, 0.15) is 11.1 Å². The number of nitriles is 1. The molecule has 0 aliphatic carbocycles. The number of imide groups is 1. The predicted octanol–water partition coefficient (Wildman–Crippen LogP) is 2.43. The van der Waals surface area contributed by atoms with E-state index in [2.05, 4.69) is 5.32 Å². The Morgan fingerprint density at radius 1 is 1.48 bits per heavy atom. The summed E-state index contributed by atoms with van der Waals surface area (Å²) < 4.78 is 0. The van der Waals surface area contributed by atoms with Gasteiger partial charge in [-0.05, 0) is 30.2 Å². The van der Waals surface area contributed by atoms with E-state index >= 15 is 0 Å². The van der Waals surface area contributed by atoms with Gasteiger partial charge in [0.2, 0.25) is 6.41 Å². The van der Waals surface area contributed by atoms with E-state index in [9.17, 15) is 14.7 Å². The summed E-state index contributed by atoms with van der Waals surface area (Å²) in [6, 6.07) is 10.3. The molecule has 2 aromatic rings. The number of hydrogen-bond acceptors (Lipinski definition) is 6. The number of nitrogens with zero attached hydrogens (tertiary/aromatic N) is 2. The molecule has 0 fully saturated rings. The van der Waals surface area contributed by atoms with Gasteiger partial charge in [0.05, 0.1) is 17.2 Å². The lowest BCUT2D eigenvalue weighted by Gasteiger charge is -2.17. The first kappa shape index (κ1) is 18.6. The molecule has 0 aliphatic heterocycles. The Kier molecular flexibility index (Phi) is 6.28. The van der Waals surface area contributed by atoms with Crippen molar-refractivity contribution in [3.05, 3.63) is 51.9 Å². The summed E-state index contributed by atoms with van der Waals surface area (Å²) in [5.41, 5.74) is 1.38. The van der Waals surface area contributed by atoms with E-state index in [1.54, 1.807) is 30.3 Å². The van der Waals surface area contributed by atoms with E-state index in [4.69, 9.17) is 5.26 Å². The van der Waals surface area contributed by atoms with Crippen molar-refractivity contribution in [1.82, 2.24) is 5.32 Å². The third-order valence-electron chi connectivity index (χ3n) is 3.67. The number of aliphatic hydroxyl groups excluding tert-OH is 1. The van der Waals surface area contributed by atoms with Gasteiger partial charge in [0.25, 0.3) is 5.91 Å². The minimum atomic E-state index is -0.954. The summed E-state index contributed by atoms with van der Waals surface area (Å²) >= 11 is 1.29. The van der Waals surface area contributed by atoms with Crippen LogP contribution in [0.5, 0.6) is 0 Å². The van der Waals surface area contributed by atoms with Crippen LogP contribution in [-0.4, -0.2) is 31.0 Å². The molecule has 130 valence electrons. The molecular formula is C18H19N3O3S. The normalized spacial score (nSPS) is 11.4. The zero-order valence-corrected chi connectivity index (χ0v) is 14.8. The SMILES string of the molecule is CCCN(C)c1sc(C(O)c2cccc(C#N)c2)cc1C(=O)NC=O. The maximum atomic E-state index is 12.2. The largest absolute Gasteiger partial charge is 0.383 e. The van der Waals surface area contributed by atoms with E-state index in [1.807, 2.05) is 24.9 Å². The number of hydrogen-bond donors (Lipinski definition) is 2. The van der Waals surface area contributed by atoms with Crippen molar-refractivity contribution < 1.29 is 14.7 Å². The molecule has 0 spiro atoms. The second-order valence-corrected chi connectivity index (χ2v) is 6.58. The van der Waals surface area contributed by atoms with Crippen LogP contribution in [0.25, 0.3) is 0 Å². The molecule has 0 radical (unpaired) electrons. The van der Waals surface area contributed by atoms with Crippen LogP contribution in [0.15, 0.2) is 30.3 Å². The first-order chi connectivity index (χ1) is 12.0. The molecule has 1 atom stereocenters. The van der Waals surface area contributed by atoms with Gasteiger partial charge in [0.15, 0.2) is 0 Å². The lowest BCUT2D eigenvalue weighted by atomic mass is 10.0.